The van der Waals surface area contributed by atoms with Gasteiger partial charge < -0.3 is 10.6 Å². The Morgan fingerprint density at radius 2 is 1.67 bits per heavy atom. The van der Waals surface area contributed by atoms with Gasteiger partial charge in [0.25, 0.3) is 0 Å². The molecule has 4 nitrogen and oxygen atoms in total. The quantitative estimate of drug-likeness (QED) is 0.701. The third kappa shape index (κ3) is 6.19. The fourth-order valence-electron chi connectivity index (χ4n) is 1.87. The first-order valence-electron chi connectivity index (χ1n) is 7.13. The van der Waals surface area contributed by atoms with Gasteiger partial charge in [-0.15, -0.1) is 11.8 Å². The number of carbonyl (C=O) groups is 2. The highest BCUT2D eigenvalue weighted by Gasteiger charge is 2.07. The summed E-state index contributed by atoms with van der Waals surface area (Å²) in [6.45, 7) is 1.90. The number of thioether (sulfide) groups is 1. The minimum Gasteiger partial charge on any atom is -0.325 e. The summed E-state index contributed by atoms with van der Waals surface area (Å²) in [5.41, 5.74) is 2.32. The van der Waals surface area contributed by atoms with Crippen LogP contribution in [0.3, 0.4) is 0 Å². The Bertz CT molecular complexity index is 755. The van der Waals surface area contributed by atoms with Crippen LogP contribution in [-0.2, 0) is 9.59 Å². The second-order valence-corrected chi connectivity index (χ2v) is 7.37. The van der Waals surface area contributed by atoms with E-state index in [0.29, 0.717) is 16.4 Å². The molecule has 2 rings (SSSR count). The van der Waals surface area contributed by atoms with Gasteiger partial charge in [-0.25, -0.2) is 0 Å². The maximum atomic E-state index is 11.9. The molecular weight excluding hydrogens is 412 g/mol. The summed E-state index contributed by atoms with van der Waals surface area (Å²) < 4.78 is 0.893. The van der Waals surface area contributed by atoms with Crippen LogP contribution in [0.15, 0.2) is 46.9 Å². The highest BCUT2D eigenvalue weighted by Crippen LogP contribution is 2.20. The Labute approximate surface area is 158 Å². The molecule has 0 aromatic heterocycles. The van der Waals surface area contributed by atoms with Crippen LogP contribution in [0.25, 0.3) is 0 Å². The molecule has 0 spiro atoms. The van der Waals surface area contributed by atoms with E-state index in [-0.39, 0.29) is 23.3 Å². The van der Waals surface area contributed by atoms with Gasteiger partial charge in [0.15, 0.2) is 0 Å². The van der Waals surface area contributed by atoms with Crippen LogP contribution >= 0.6 is 39.3 Å². The van der Waals surface area contributed by atoms with E-state index in [1.165, 1.54) is 11.8 Å². The number of anilines is 2. The minimum atomic E-state index is -0.171. The topological polar surface area (TPSA) is 58.2 Å². The molecule has 0 saturated carbocycles. The summed E-state index contributed by atoms with van der Waals surface area (Å²) in [5, 5.41) is 6.15. The minimum absolute atomic E-state index is 0.149. The Kier molecular flexibility index (Phi) is 7.15. The van der Waals surface area contributed by atoms with E-state index in [9.17, 15) is 9.59 Å². The highest BCUT2D eigenvalue weighted by atomic mass is 79.9. The van der Waals surface area contributed by atoms with Gasteiger partial charge in [0.2, 0.25) is 11.8 Å². The van der Waals surface area contributed by atoms with E-state index in [4.69, 9.17) is 11.6 Å². The Balaban J connectivity index is 1.73. The molecule has 0 saturated heterocycles. The average molecular weight is 428 g/mol. The van der Waals surface area contributed by atoms with Crippen LogP contribution in [0.4, 0.5) is 11.4 Å². The molecule has 2 N–H and O–H groups in total. The first-order chi connectivity index (χ1) is 11.4. The summed E-state index contributed by atoms with van der Waals surface area (Å²) in [7, 11) is 0. The van der Waals surface area contributed by atoms with Crippen molar-refractivity contribution in [1.29, 1.82) is 0 Å². The smallest absolute Gasteiger partial charge is 0.234 e. The summed E-state index contributed by atoms with van der Waals surface area (Å²) in [6, 6.07) is 12.7. The third-order valence-electron chi connectivity index (χ3n) is 3.03. The van der Waals surface area contributed by atoms with Gasteiger partial charge in [-0.1, -0.05) is 39.7 Å². The summed E-state index contributed by atoms with van der Waals surface area (Å²) >= 11 is 10.6. The first kappa shape index (κ1) is 18.8. The number of nitrogens with one attached hydrogen (secondary N) is 2. The van der Waals surface area contributed by atoms with Crippen molar-refractivity contribution in [2.45, 2.75) is 6.92 Å². The number of amides is 2. The lowest BCUT2D eigenvalue weighted by molar-refractivity contribution is -0.114. The van der Waals surface area contributed by atoms with Crippen molar-refractivity contribution >= 4 is 62.5 Å². The molecule has 0 fully saturated rings. The lowest BCUT2D eigenvalue weighted by Crippen LogP contribution is -2.18. The predicted octanol–water partition coefficient (Wildman–Crippen LogP) is 4.72. The van der Waals surface area contributed by atoms with Crippen molar-refractivity contribution in [2.24, 2.45) is 0 Å². The number of carbonyl (C=O) groups excluding carboxylic acids is 2. The SMILES string of the molecule is Cc1ccc(NC(=O)CSCC(=O)Nc2cccc(Br)c2)cc1Cl. The number of hydrogen-bond acceptors (Lipinski definition) is 3. The molecular formula is C17H16BrClN2O2S. The zero-order chi connectivity index (χ0) is 17.5. The lowest BCUT2D eigenvalue weighted by Gasteiger charge is -2.07. The molecule has 0 heterocycles. The van der Waals surface area contributed by atoms with E-state index in [0.717, 1.165) is 10.0 Å². The normalized spacial score (nSPS) is 10.3. The summed E-state index contributed by atoms with van der Waals surface area (Å²) in [4.78, 5) is 23.7. The van der Waals surface area contributed by atoms with Gasteiger partial charge in [0.1, 0.15) is 0 Å². The molecule has 0 aliphatic heterocycles. The third-order valence-corrected chi connectivity index (χ3v) is 4.86. The van der Waals surface area contributed by atoms with Crippen LogP contribution in [0, 0.1) is 6.92 Å². The molecule has 0 unspecified atom stereocenters. The van der Waals surface area contributed by atoms with Crippen LogP contribution in [0.2, 0.25) is 5.02 Å². The van der Waals surface area contributed by atoms with Gasteiger partial charge in [0.05, 0.1) is 11.5 Å². The van der Waals surface area contributed by atoms with Crippen molar-refractivity contribution in [3.05, 3.63) is 57.5 Å². The molecule has 2 aromatic carbocycles. The second kappa shape index (κ2) is 9.11. The van der Waals surface area contributed by atoms with Crippen molar-refractivity contribution in [1.82, 2.24) is 0 Å². The fourth-order valence-corrected chi connectivity index (χ4v) is 3.06. The molecule has 2 aromatic rings. The second-order valence-electron chi connectivity index (χ2n) is 5.06. The van der Waals surface area contributed by atoms with E-state index in [1.807, 2.05) is 31.2 Å². The Morgan fingerprint density at radius 3 is 2.25 bits per heavy atom. The molecule has 126 valence electrons. The van der Waals surface area contributed by atoms with E-state index < -0.39 is 0 Å². The summed E-state index contributed by atoms with van der Waals surface area (Å²) in [5.74, 6) is 0.0749. The monoisotopic (exact) mass is 426 g/mol. The molecule has 0 aliphatic carbocycles. The van der Waals surface area contributed by atoms with Gasteiger partial charge in [-0.05, 0) is 42.8 Å². The van der Waals surface area contributed by atoms with E-state index in [2.05, 4.69) is 26.6 Å². The van der Waals surface area contributed by atoms with Crippen molar-refractivity contribution < 1.29 is 9.59 Å². The van der Waals surface area contributed by atoms with Crippen LogP contribution in [-0.4, -0.2) is 23.3 Å². The zero-order valence-corrected chi connectivity index (χ0v) is 16.1. The van der Waals surface area contributed by atoms with Crippen LogP contribution in [0.1, 0.15) is 5.56 Å². The van der Waals surface area contributed by atoms with Crippen LogP contribution in [0.5, 0.6) is 0 Å². The molecule has 0 radical (unpaired) electrons. The number of hydrogen-bond donors (Lipinski definition) is 2. The van der Waals surface area contributed by atoms with Gasteiger partial charge in [-0.2, -0.15) is 0 Å². The molecule has 7 heteroatoms. The Hall–Kier alpha value is -1.50. The van der Waals surface area contributed by atoms with Gasteiger partial charge in [-0.3, -0.25) is 9.59 Å². The largest absolute Gasteiger partial charge is 0.325 e. The summed E-state index contributed by atoms with van der Waals surface area (Å²) in [6.07, 6.45) is 0. The van der Waals surface area contributed by atoms with Crippen LogP contribution < -0.4 is 10.6 Å². The predicted molar refractivity (Wildman–Crippen MR) is 105 cm³/mol. The Morgan fingerprint density at radius 1 is 1.04 bits per heavy atom. The maximum absolute atomic E-state index is 11.9. The standard InChI is InChI=1S/C17H16BrClN2O2S/c1-11-5-6-14(8-15(11)19)21-17(23)10-24-9-16(22)20-13-4-2-3-12(18)7-13/h2-8H,9-10H2,1H3,(H,20,22)(H,21,23). The average Bonchev–Trinajstić information content (AvgIpc) is 2.51. The molecule has 0 atom stereocenters. The van der Waals surface area contributed by atoms with E-state index >= 15 is 0 Å². The maximum Gasteiger partial charge on any atom is 0.234 e. The van der Waals surface area contributed by atoms with Gasteiger partial charge >= 0.3 is 0 Å². The fraction of sp³-hybridized carbons (Fsp3) is 0.176. The number of rotatable bonds is 6. The number of aryl methyl sites for hydroxylation is 1. The lowest BCUT2D eigenvalue weighted by atomic mass is 10.2. The van der Waals surface area contributed by atoms with Crippen molar-refractivity contribution in [2.75, 3.05) is 22.1 Å². The molecule has 2 amide bonds. The molecule has 24 heavy (non-hydrogen) atoms. The highest BCUT2D eigenvalue weighted by molar-refractivity contribution is 9.10. The van der Waals surface area contributed by atoms with Crippen molar-refractivity contribution in [3.63, 3.8) is 0 Å². The zero-order valence-electron chi connectivity index (χ0n) is 12.9. The molecule has 0 bridgehead atoms. The van der Waals surface area contributed by atoms with E-state index in [1.54, 1.807) is 18.2 Å². The first-order valence-corrected chi connectivity index (χ1v) is 9.46. The van der Waals surface area contributed by atoms with Crippen molar-refractivity contribution in [3.8, 4) is 0 Å². The number of halogens is 2. The number of benzene rings is 2. The molecule has 0 aliphatic rings. The van der Waals surface area contributed by atoms with Gasteiger partial charge in [0, 0.05) is 20.9 Å².